The summed E-state index contributed by atoms with van der Waals surface area (Å²) in [6.07, 6.45) is 4.55. The van der Waals surface area contributed by atoms with E-state index in [1.807, 2.05) is 6.20 Å². The summed E-state index contributed by atoms with van der Waals surface area (Å²) in [7, 11) is 0. The van der Waals surface area contributed by atoms with Crippen LogP contribution in [0.1, 0.15) is 13.3 Å². The van der Waals surface area contributed by atoms with Gasteiger partial charge in [-0.2, -0.15) is 0 Å². The van der Waals surface area contributed by atoms with Gasteiger partial charge in [0, 0.05) is 25.3 Å². The van der Waals surface area contributed by atoms with Crippen molar-refractivity contribution in [3.8, 4) is 0 Å². The molecule has 0 aromatic carbocycles. The number of hydrogen-bond donors (Lipinski definition) is 1. The van der Waals surface area contributed by atoms with Crippen LogP contribution in [0.4, 0.5) is 5.82 Å². The van der Waals surface area contributed by atoms with Crippen LogP contribution in [-0.2, 0) is 0 Å². The number of aromatic nitrogens is 2. The van der Waals surface area contributed by atoms with E-state index in [1.165, 1.54) is 0 Å². The van der Waals surface area contributed by atoms with E-state index < -0.39 is 0 Å². The lowest BCUT2D eigenvalue weighted by molar-refractivity contribution is 0.399. The van der Waals surface area contributed by atoms with Crippen molar-refractivity contribution in [1.82, 2.24) is 9.97 Å². The van der Waals surface area contributed by atoms with E-state index in [0.717, 1.165) is 28.9 Å². The molecule has 2 N–H and O–H groups in total. The Bertz CT molecular complexity index is 334. The third kappa shape index (κ3) is 2.57. The summed E-state index contributed by atoms with van der Waals surface area (Å²) in [6.45, 7) is 4.18. The molecule has 15 heavy (non-hydrogen) atoms. The van der Waals surface area contributed by atoms with Gasteiger partial charge in [0.1, 0.15) is 12.1 Å². The molecule has 0 saturated carbocycles. The second-order valence-electron chi connectivity index (χ2n) is 4.20. The fourth-order valence-corrected chi connectivity index (χ4v) is 2.75. The van der Waals surface area contributed by atoms with Crippen molar-refractivity contribution in [2.24, 2.45) is 11.7 Å². The summed E-state index contributed by atoms with van der Waals surface area (Å²) in [5, 5.41) is 0. The molecule has 0 aliphatic carbocycles. The Morgan fingerprint density at radius 1 is 1.53 bits per heavy atom. The van der Waals surface area contributed by atoms with E-state index in [1.54, 1.807) is 6.33 Å². The van der Waals surface area contributed by atoms with Crippen molar-refractivity contribution in [1.29, 1.82) is 0 Å². The lowest BCUT2D eigenvalue weighted by Gasteiger charge is -2.35. The maximum Gasteiger partial charge on any atom is 0.145 e. The third-order valence-electron chi connectivity index (χ3n) is 2.64. The lowest BCUT2D eigenvalue weighted by Crippen LogP contribution is -2.47. The molecule has 1 aliphatic heterocycles. The minimum Gasteiger partial charge on any atom is -0.354 e. The Morgan fingerprint density at radius 3 is 3.00 bits per heavy atom. The highest BCUT2D eigenvalue weighted by Crippen LogP contribution is 2.23. The number of rotatable bonds is 1. The largest absolute Gasteiger partial charge is 0.354 e. The molecule has 1 aromatic rings. The van der Waals surface area contributed by atoms with Crippen molar-refractivity contribution in [3.05, 3.63) is 16.1 Å². The van der Waals surface area contributed by atoms with Crippen molar-refractivity contribution >= 4 is 28.4 Å². The van der Waals surface area contributed by atoms with Gasteiger partial charge in [-0.25, -0.2) is 9.97 Å². The Labute approximate surface area is 103 Å². The topological polar surface area (TPSA) is 55.0 Å². The minimum absolute atomic E-state index is 0.263. The van der Waals surface area contributed by atoms with E-state index in [-0.39, 0.29) is 6.04 Å². The molecule has 2 heterocycles. The molecular formula is C10H15IN4. The van der Waals surface area contributed by atoms with Crippen molar-refractivity contribution < 1.29 is 0 Å². The summed E-state index contributed by atoms with van der Waals surface area (Å²) in [6, 6.07) is 0.263. The highest BCUT2D eigenvalue weighted by Gasteiger charge is 2.24. The predicted octanol–water partition coefficient (Wildman–Crippen LogP) is 1.25. The van der Waals surface area contributed by atoms with Gasteiger partial charge in [-0.3, -0.25) is 0 Å². The number of halogens is 1. The summed E-state index contributed by atoms with van der Waals surface area (Å²) in [4.78, 5) is 10.6. The zero-order valence-electron chi connectivity index (χ0n) is 8.73. The minimum atomic E-state index is 0.263. The third-order valence-corrected chi connectivity index (χ3v) is 3.40. The van der Waals surface area contributed by atoms with Crippen LogP contribution in [0.5, 0.6) is 0 Å². The summed E-state index contributed by atoms with van der Waals surface area (Å²) in [5.74, 6) is 1.66. The van der Waals surface area contributed by atoms with Crippen LogP contribution in [0.25, 0.3) is 0 Å². The molecule has 4 nitrogen and oxygen atoms in total. The quantitative estimate of drug-likeness (QED) is 0.792. The second-order valence-corrected chi connectivity index (χ2v) is 5.36. The van der Waals surface area contributed by atoms with Gasteiger partial charge in [0.25, 0.3) is 0 Å². The number of nitrogens with two attached hydrogens (primary N) is 1. The standard InChI is InChI=1S/C10H15IN4/c1-7-2-8(12)5-15(4-7)10-9(11)3-13-6-14-10/h3,6-8H,2,4-5,12H2,1H3. The van der Waals surface area contributed by atoms with Crippen molar-refractivity contribution in [2.45, 2.75) is 19.4 Å². The highest BCUT2D eigenvalue weighted by atomic mass is 127. The Balaban J connectivity index is 2.20. The molecule has 2 unspecified atom stereocenters. The number of nitrogens with zero attached hydrogens (tertiary/aromatic N) is 3. The molecule has 1 aliphatic rings. The summed E-state index contributed by atoms with van der Waals surface area (Å²) >= 11 is 2.27. The molecule has 1 fully saturated rings. The molecule has 0 amide bonds. The number of hydrogen-bond acceptors (Lipinski definition) is 4. The van der Waals surface area contributed by atoms with Crippen LogP contribution in [0.15, 0.2) is 12.5 Å². The molecule has 82 valence electrons. The van der Waals surface area contributed by atoms with Gasteiger partial charge in [-0.05, 0) is 34.9 Å². The molecule has 5 heteroatoms. The van der Waals surface area contributed by atoms with Crippen LogP contribution < -0.4 is 10.6 Å². The van der Waals surface area contributed by atoms with E-state index in [2.05, 4.69) is 44.4 Å². The summed E-state index contributed by atoms with van der Waals surface area (Å²) < 4.78 is 1.09. The monoisotopic (exact) mass is 318 g/mol. The van der Waals surface area contributed by atoms with Crippen LogP contribution >= 0.6 is 22.6 Å². The maximum absolute atomic E-state index is 6.02. The fourth-order valence-electron chi connectivity index (χ4n) is 2.11. The van der Waals surface area contributed by atoms with Gasteiger partial charge >= 0.3 is 0 Å². The second kappa shape index (κ2) is 4.61. The number of piperidine rings is 1. The van der Waals surface area contributed by atoms with Gasteiger partial charge in [0.15, 0.2) is 0 Å². The van der Waals surface area contributed by atoms with Gasteiger partial charge in [-0.15, -0.1) is 0 Å². The molecule has 2 rings (SSSR count). The van der Waals surface area contributed by atoms with E-state index in [9.17, 15) is 0 Å². The highest BCUT2D eigenvalue weighted by molar-refractivity contribution is 14.1. The van der Waals surface area contributed by atoms with Crippen LogP contribution in [-0.4, -0.2) is 29.1 Å². The first-order valence-corrected chi connectivity index (χ1v) is 6.20. The molecule has 0 radical (unpaired) electrons. The maximum atomic E-state index is 6.02. The summed E-state index contributed by atoms with van der Waals surface area (Å²) in [5.41, 5.74) is 6.02. The molecule has 2 atom stereocenters. The zero-order valence-corrected chi connectivity index (χ0v) is 10.9. The Morgan fingerprint density at radius 2 is 2.33 bits per heavy atom. The normalized spacial score (nSPS) is 26.7. The molecule has 0 spiro atoms. The molecule has 1 saturated heterocycles. The molecule has 1 aromatic heterocycles. The van der Waals surface area contributed by atoms with Crippen molar-refractivity contribution in [2.75, 3.05) is 18.0 Å². The molecular weight excluding hydrogens is 303 g/mol. The first kappa shape index (κ1) is 11.1. The predicted molar refractivity (Wildman–Crippen MR) is 68.7 cm³/mol. The SMILES string of the molecule is CC1CC(N)CN(c2ncncc2I)C1. The Kier molecular flexibility index (Phi) is 3.40. The first-order valence-electron chi connectivity index (χ1n) is 5.13. The van der Waals surface area contributed by atoms with Crippen LogP contribution in [0, 0.1) is 9.49 Å². The molecule has 0 bridgehead atoms. The van der Waals surface area contributed by atoms with Crippen LogP contribution in [0.2, 0.25) is 0 Å². The average molecular weight is 318 g/mol. The van der Waals surface area contributed by atoms with Gasteiger partial charge in [0.2, 0.25) is 0 Å². The fraction of sp³-hybridized carbons (Fsp3) is 0.600. The van der Waals surface area contributed by atoms with E-state index in [0.29, 0.717) is 5.92 Å². The zero-order chi connectivity index (χ0) is 10.8. The van der Waals surface area contributed by atoms with Gasteiger partial charge in [0.05, 0.1) is 3.57 Å². The van der Waals surface area contributed by atoms with Crippen LogP contribution in [0.3, 0.4) is 0 Å². The average Bonchev–Trinajstić information content (AvgIpc) is 2.16. The smallest absolute Gasteiger partial charge is 0.145 e. The van der Waals surface area contributed by atoms with Gasteiger partial charge < -0.3 is 10.6 Å². The number of anilines is 1. The Hall–Kier alpha value is -0.430. The van der Waals surface area contributed by atoms with E-state index >= 15 is 0 Å². The first-order chi connectivity index (χ1) is 7.16. The van der Waals surface area contributed by atoms with E-state index in [4.69, 9.17) is 5.73 Å². The van der Waals surface area contributed by atoms with Gasteiger partial charge in [-0.1, -0.05) is 6.92 Å². The van der Waals surface area contributed by atoms with Crippen molar-refractivity contribution in [3.63, 3.8) is 0 Å². The lowest BCUT2D eigenvalue weighted by atomic mass is 9.97.